The van der Waals surface area contributed by atoms with E-state index in [1.54, 1.807) is 62.8 Å². The molecule has 0 bridgehead atoms. The third-order valence-electron chi connectivity index (χ3n) is 6.88. The summed E-state index contributed by atoms with van der Waals surface area (Å²) in [5, 5.41) is 2.76. The number of hydrogen-bond acceptors (Lipinski definition) is 6. The molecule has 7 nitrogen and oxygen atoms in total. The average molecular weight is 479 g/mol. The summed E-state index contributed by atoms with van der Waals surface area (Å²) in [5.41, 5.74) is 1.23. The second kappa shape index (κ2) is 11.9. The van der Waals surface area contributed by atoms with E-state index in [4.69, 9.17) is 14.2 Å². The van der Waals surface area contributed by atoms with Crippen molar-refractivity contribution in [3.8, 4) is 11.5 Å². The molecule has 186 valence electrons. The van der Waals surface area contributed by atoms with Crippen molar-refractivity contribution >= 4 is 18.0 Å². The van der Waals surface area contributed by atoms with Crippen LogP contribution < -0.4 is 14.8 Å². The van der Waals surface area contributed by atoms with Gasteiger partial charge in [-0.25, -0.2) is 4.79 Å². The number of carbonyl (C=O) groups is 2. The van der Waals surface area contributed by atoms with Crippen molar-refractivity contribution < 1.29 is 23.8 Å². The molecular weight excluding hydrogens is 444 g/mol. The molecule has 2 atom stereocenters. The largest absolute Gasteiger partial charge is 0.493 e. The highest BCUT2D eigenvalue weighted by atomic mass is 16.5. The number of hydrogen-bond donors (Lipinski definition) is 1. The van der Waals surface area contributed by atoms with E-state index in [9.17, 15) is 9.59 Å². The number of nitrogens with zero attached hydrogens (tertiary/aromatic N) is 1. The van der Waals surface area contributed by atoms with E-state index < -0.39 is 5.97 Å². The molecule has 0 saturated carbocycles. The van der Waals surface area contributed by atoms with Crippen LogP contribution in [0.1, 0.15) is 48.0 Å². The first-order valence-electron chi connectivity index (χ1n) is 12.3. The summed E-state index contributed by atoms with van der Waals surface area (Å²) in [4.78, 5) is 28.6. The van der Waals surface area contributed by atoms with Crippen molar-refractivity contribution in [2.75, 3.05) is 33.9 Å². The van der Waals surface area contributed by atoms with Gasteiger partial charge in [0.1, 0.15) is 5.70 Å². The van der Waals surface area contributed by atoms with E-state index in [0.717, 1.165) is 32.4 Å². The van der Waals surface area contributed by atoms with Crippen LogP contribution in [0.15, 0.2) is 54.2 Å². The number of benzene rings is 2. The second-order valence-electron chi connectivity index (χ2n) is 9.09. The molecule has 4 rings (SSSR count). The van der Waals surface area contributed by atoms with Crippen LogP contribution in [-0.2, 0) is 9.53 Å². The lowest BCUT2D eigenvalue weighted by atomic mass is 9.84. The van der Waals surface area contributed by atoms with E-state index >= 15 is 0 Å². The molecular formula is C28H34N2O5. The van der Waals surface area contributed by atoms with Crippen molar-refractivity contribution in [1.29, 1.82) is 0 Å². The number of carbonyl (C=O) groups excluding carboxylic acids is 2. The summed E-state index contributed by atoms with van der Waals surface area (Å²) in [6.45, 7) is 2.61. The van der Waals surface area contributed by atoms with Crippen molar-refractivity contribution in [3.05, 3.63) is 65.4 Å². The number of amides is 1. The van der Waals surface area contributed by atoms with Crippen LogP contribution in [0, 0.1) is 5.92 Å². The van der Waals surface area contributed by atoms with E-state index in [0.29, 0.717) is 41.2 Å². The Morgan fingerprint density at radius 1 is 0.971 bits per heavy atom. The summed E-state index contributed by atoms with van der Waals surface area (Å²) < 4.78 is 16.5. The maximum absolute atomic E-state index is 13.2. The normalized spacial score (nSPS) is 20.5. The first-order chi connectivity index (χ1) is 17.1. The van der Waals surface area contributed by atoms with Crippen LogP contribution >= 0.6 is 0 Å². The van der Waals surface area contributed by atoms with Gasteiger partial charge in [0.25, 0.3) is 5.91 Å². The molecule has 0 radical (unpaired) electrons. The number of rotatable bonds is 8. The number of fused-ring (bicyclic) bond motifs is 1. The van der Waals surface area contributed by atoms with Gasteiger partial charge < -0.3 is 19.5 Å². The fourth-order valence-electron chi connectivity index (χ4n) is 5.07. The van der Waals surface area contributed by atoms with Gasteiger partial charge in [0.2, 0.25) is 0 Å². The number of piperidine rings is 2. The third kappa shape index (κ3) is 6.22. The molecule has 0 aromatic heterocycles. The molecule has 1 N–H and O–H groups in total. The van der Waals surface area contributed by atoms with Gasteiger partial charge in [0, 0.05) is 17.5 Å². The zero-order valence-corrected chi connectivity index (χ0v) is 20.5. The van der Waals surface area contributed by atoms with Crippen LogP contribution in [0.4, 0.5) is 0 Å². The minimum Gasteiger partial charge on any atom is -0.493 e. The predicted octanol–water partition coefficient (Wildman–Crippen LogP) is 4.28. The zero-order valence-electron chi connectivity index (χ0n) is 20.5. The summed E-state index contributed by atoms with van der Waals surface area (Å²) in [6, 6.07) is 14.6. The van der Waals surface area contributed by atoms with Gasteiger partial charge in [-0.05, 0) is 74.7 Å². The molecule has 2 saturated heterocycles. The van der Waals surface area contributed by atoms with E-state index in [-0.39, 0.29) is 11.6 Å². The zero-order chi connectivity index (χ0) is 24.6. The van der Waals surface area contributed by atoms with Crippen LogP contribution in [0.25, 0.3) is 6.08 Å². The Morgan fingerprint density at radius 3 is 2.51 bits per heavy atom. The van der Waals surface area contributed by atoms with Gasteiger partial charge in [0.05, 0.1) is 20.8 Å². The molecule has 1 amide bonds. The van der Waals surface area contributed by atoms with Crippen LogP contribution in [0.5, 0.6) is 11.5 Å². The number of methoxy groups -OCH3 is 2. The van der Waals surface area contributed by atoms with Crippen LogP contribution in [0.2, 0.25) is 0 Å². The summed E-state index contributed by atoms with van der Waals surface area (Å²) in [6.07, 6.45) is 7.41. The highest BCUT2D eigenvalue weighted by molar-refractivity contribution is 6.03. The summed E-state index contributed by atoms with van der Waals surface area (Å²) in [7, 11) is 3.12. The lowest BCUT2D eigenvalue weighted by molar-refractivity contribution is -0.142. The molecule has 7 heteroatoms. The Bertz CT molecular complexity index is 1050. The van der Waals surface area contributed by atoms with Gasteiger partial charge in [0.15, 0.2) is 11.5 Å². The lowest BCUT2D eigenvalue weighted by Crippen LogP contribution is -2.49. The van der Waals surface area contributed by atoms with Crippen molar-refractivity contribution in [1.82, 2.24) is 10.2 Å². The molecule has 2 aliphatic heterocycles. The topological polar surface area (TPSA) is 77.1 Å². The van der Waals surface area contributed by atoms with Gasteiger partial charge >= 0.3 is 5.97 Å². The SMILES string of the molecule is COc1ccc(/C=C(\NC(=O)c2ccccc2)C(=O)OC[C@@H]2CCCN3CCCC[C@@H]23)cc1OC. The Hall–Kier alpha value is -3.32. The lowest BCUT2D eigenvalue weighted by Gasteiger charge is -2.44. The van der Waals surface area contributed by atoms with Crippen LogP contribution in [-0.4, -0.2) is 56.7 Å². The maximum atomic E-state index is 13.2. The Kier molecular flexibility index (Phi) is 8.42. The number of esters is 1. The second-order valence-corrected chi connectivity index (χ2v) is 9.09. The van der Waals surface area contributed by atoms with Crippen molar-refractivity contribution in [3.63, 3.8) is 0 Å². The van der Waals surface area contributed by atoms with Crippen molar-refractivity contribution in [2.45, 2.75) is 38.1 Å². The van der Waals surface area contributed by atoms with Crippen LogP contribution in [0.3, 0.4) is 0 Å². The van der Waals surface area contributed by atoms with Gasteiger partial charge in [-0.1, -0.05) is 30.7 Å². The first-order valence-corrected chi connectivity index (χ1v) is 12.3. The van der Waals surface area contributed by atoms with Gasteiger partial charge in [-0.2, -0.15) is 0 Å². The third-order valence-corrected chi connectivity index (χ3v) is 6.88. The fraction of sp³-hybridized carbons (Fsp3) is 0.429. The minimum absolute atomic E-state index is 0.0855. The molecule has 0 aliphatic carbocycles. The highest BCUT2D eigenvalue weighted by Crippen LogP contribution is 2.31. The smallest absolute Gasteiger partial charge is 0.354 e. The molecule has 2 aromatic rings. The number of ether oxygens (including phenoxy) is 3. The molecule has 2 aliphatic rings. The van der Waals surface area contributed by atoms with E-state index in [1.165, 1.54) is 12.8 Å². The van der Waals surface area contributed by atoms with E-state index in [1.807, 2.05) is 6.07 Å². The first kappa shape index (κ1) is 24.8. The molecule has 35 heavy (non-hydrogen) atoms. The monoisotopic (exact) mass is 478 g/mol. The average Bonchev–Trinajstić information content (AvgIpc) is 2.91. The Labute approximate surface area is 207 Å². The van der Waals surface area contributed by atoms with Crippen molar-refractivity contribution in [2.24, 2.45) is 5.92 Å². The highest BCUT2D eigenvalue weighted by Gasteiger charge is 2.34. The molecule has 2 aromatic carbocycles. The molecule has 2 heterocycles. The Balaban J connectivity index is 1.53. The quantitative estimate of drug-likeness (QED) is 0.451. The van der Waals surface area contributed by atoms with Gasteiger partial charge in [-0.15, -0.1) is 0 Å². The Morgan fingerprint density at radius 2 is 1.74 bits per heavy atom. The molecule has 0 unspecified atom stereocenters. The number of nitrogens with one attached hydrogen (secondary N) is 1. The summed E-state index contributed by atoms with van der Waals surface area (Å²) >= 11 is 0. The molecule has 0 spiro atoms. The minimum atomic E-state index is -0.544. The standard InChI is InChI=1S/C28H34N2O5/c1-33-25-14-13-20(18-26(25)34-2)17-23(29-27(31)21-9-4-3-5-10-21)28(32)35-19-22-11-8-16-30-15-7-6-12-24(22)30/h3-5,9-10,13-14,17-18,22,24H,6-8,11-12,15-16,19H2,1-2H3,(H,29,31)/b23-17-/t22-,24-/m0/s1. The maximum Gasteiger partial charge on any atom is 0.354 e. The fourth-order valence-corrected chi connectivity index (χ4v) is 5.07. The van der Waals surface area contributed by atoms with Gasteiger partial charge in [-0.3, -0.25) is 9.69 Å². The molecule has 2 fully saturated rings. The summed E-state index contributed by atoms with van der Waals surface area (Å²) in [5.74, 6) is 0.516. The predicted molar refractivity (Wildman–Crippen MR) is 134 cm³/mol. The van der Waals surface area contributed by atoms with E-state index in [2.05, 4.69) is 10.2 Å².